The van der Waals surface area contributed by atoms with Crippen LogP contribution >= 0.6 is 12.2 Å². The molecule has 0 spiro atoms. The van der Waals surface area contributed by atoms with Crippen LogP contribution in [0.4, 0.5) is 0 Å². The van der Waals surface area contributed by atoms with Gasteiger partial charge in [0.15, 0.2) is 6.61 Å². The van der Waals surface area contributed by atoms with E-state index >= 15 is 0 Å². The monoisotopic (exact) mass is 306 g/mol. The van der Waals surface area contributed by atoms with Crippen LogP contribution in [-0.2, 0) is 4.79 Å². The second-order valence-electron chi connectivity index (χ2n) is 5.54. The third-order valence-electron chi connectivity index (χ3n) is 3.80. The van der Waals surface area contributed by atoms with Crippen molar-refractivity contribution in [3.63, 3.8) is 0 Å². The van der Waals surface area contributed by atoms with Gasteiger partial charge in [0.1, 0.15) is 10.7 Å². The lowest BCUT2D eigenvalue weighted by Crippen LogP contribution is -2.39. The van der Waals surface area contributed by atoms with E-state index in [2.05, 4.69) is 5.32 Å². The number of rotatable bonds is 5. The fourth-order valence-electron chi connectivity index (χ4n) is 2.57. The summed E-state index contributed by atoms with van der Waals surface area (Å²) in [5.41, 5.74) is 7.32. The molecule has 1 aliphatic carbocycles. The highest BCUT2D eigenvalue weighted by molar-refractivity contribution is 7.80. The van der Waals surface area contributed by atoms with Crippen molar-refractivity contribution >= 4 is 23.1 Å². The maximum atomic E-state index is 11.9. The van der Waals surface area contributed by atoms with Gasteiger partial charge in [-0.3, -0.25) is 4.79 Å². The number of hydrogen-bond acceptors (Lipinski definition) is 3. The van der Waals surface area contributed by atoms with Gasteiger partial charge < -0.3 is 15.8 Å². The minimum atomic E-state index is -0.0676. The lowest BCUT2D eigenvalue weighted by molar-refractivity contribution is -0.124. The van der Waals surface area contributed by atoms with E-state index in [9.17, 15) is 4.79 Å². The number of carbonyl (C=O) groups is 1. The number of nitrogens with one attached hydrogen (secondary N) is 1. The number of thiocarbonyl (C=S) groups is 1. The molecular weight excluding hydrogens is 284 g/mol. The van der Waals surface area contributed by atoms with Crippen molar-refractivity contribution in [1.29, 1.82) is 0 Å². The number of aryl methyl sites for hydroxylation is 1. The third kappa shape index (κ3) is 4.70. The molecule has 21 heavy (non-hydrogen) atoms. The Morgan fingerprint density at radius 1 is 1.38 bits per heavy atom. The van der Waals surface area contributed by atoms with Crippen LogP contribution in [0, 0.1) is 6.92 Å². The molecule has 0 aromatic heterocycles. The summed E-state index contributed by atoms with van der Waals surface area (Å²) < 4.78 is 5.60. The lowest BCUT2D eigenvalue weighted by Gasteiger charge is -2.22. The first kappa shape index (κ1) is 15.8. The summed E-state index contributed by atoms with van der Waals surface area (Å²) >= 11 is 4.95. The predicted molar refractivity (Wildman–Crippen MR) is 87.6 cm³/mol. The SMILES string of the molecule is Cc1ccc(C(N)=S)cc1OCC(=O)NC1CCCCC1. The van der Waals surface area contributed by atoms with Crippen molar-refractivity contribution in [2.24, 2.45) is 5.73 Å². The van der Waals surface area contributed by atoms with Crippen molar-refractivity contribution in [3.8, 4) is 5.75 Å². The first-order valence-corrected chi connectivity index (χ1v) is 7.79. The Labute approximate surface area is 131 Å². The molecular formula is C16H22N2O2S. The normalized spacial score (nSPS) is 15.5. The minimum Gasteiger partial charge on any atom is -0.483 e. The summed E-state index contributed by atoms with van der Waals surface area (Å²) in [6.07, 6.45) is 5.80. The van der Waals surface area contributed by atoms with Crippen molar-refractivity contribution in [3.05, 3.63) is 29.3 Å². The number of ether oxygens (including phenoxy) is 1. The highest BCUT2D eigenvalue weighted by Crippen LogP contribution is 2.20. The average molecular weight is 306 g/mol. The maximum Gasteiger partial charge on any atom is 0.258 e. The number of carbonyl (C=O) groups excluding carboxylic acids is 1. The molecule has 1 saturated carbocycles. The molecule has 0 atom stereocenters. The van der Waals surface area contributed by atoms with E-state index in [-0.39, 0.29) is 12.5 Å². The Hall–Kier alpha value is -1.62. The van der Waals surface area contributed by atoms with Crippen LogP contribution in [0.15, 0.2) is 18.2 Å². The van der Waals surface area contributed by atoms with Gasteiger partial charge in [0.2, 0.25) is 0 Å². The van der Waals surface area contributed by atoms with Crippen molar-refractivity contribution in [1.82, 2.24) is 5.32 Å². The molecule has 1 amide bonds. The van der Waals surface area contributed by atoms with Gasteiger partial charge in [0.25, 0.3) is 5.91 Å². The Morgan fingerprint density at radius 2 is 2.10 bits per heavy atom. The summed E-state index contributed by atoms with van der Waals surface area (Å²) in [5.74, 6) is 0.584. The Kier molecular flexibility index (Phi) is 5.56. The van der Waals surface area contributed by atoms with Gasteiger partial charge in [-0.25, -0.2) is 0 Å². The largest absolute Gasteiger partial charge is 0.483 e. The van der Waals surface area contributed by atoms with E-state index in [1.807, 2.05) is 19.1 Å². The van der Waals surface area contributed by atoms with Gasteiger partial charge in [0.05, 0.1) is 0 Å². The van der Waals surface area contributed by atoms with E-state index in [0.717, 1.165) is 24.0 Å². The summed E-state index contributed by atoms with van der Waals surface area (Å²) in [6, 6.07) is 5.83. The molecule has 1 aromatic carbocycles. The van der Waals surface area contributed by atoms with E-state index < -0.39 is 0 Å². The lowest BCUT2D eigenvalue weighted by atomic mass is 9.95. The van der Waals surface area contributed by atoms with E-state index in [1.54, 1.807) is 6.07 Å². The second-order valence-corrected chi connectivity index (χ2v) is 5.98. The maximum absolute atomic E-state index is 11.9. The van der Waals surface area contributed by atoms with Crippen LogP contribution in [0.5, 0.6) is 5.75 Å². The summed E-state index contributed by atoms with van der Waals surface area (Å²) in [6.45, 7) is 1.95. The molecule has 2 rings (SSSR count). The molecule has 0 heterocycles. The topological polar surface area (TPSA) is 64.3 Å². The number of benzene rings is 1. The van der Waals surface area contributed by atoms with E-state index in [1.165, 1.54) is 19.3 Å². The summed E-state index contributed by atoms with van der Waals surface area (Å²) in [4.78, 5) is 12.3. The molecule has 1 fully saturated rings. The quantitative estimate of drug-likeness (QED) is 0.820. The smallest absolute Gasteiger partial charge is 0.258 e. The second kappa shape index (κ2) is 7.41. The number of nitrogens with two attached hydrogens (primary N) is 1. The van der Waals surface area contributed by atoms with E-state index in [4.69, 9.17) is 22.7 Å². The number of hydrogen-bond donors (Lipinski definition) is 2. The van der Waals surface area contributed by atoms with Crippen LogP contribution in [0.1, 0.15) is 43.2 Å². The highest BCUT2D eigenvalue weighted by Gasteiger charge is 2.16. The minimum absolute atomic E-state index is 0.0259. The Bertz CT molecular complexity index is 525. The zero-order valence-corrected chi connectivity index (χ0v) is 13.2. The molecule has 114 valence electrons. The van der Waals surface area contributed by atoms with Crippen LogP contribution < -0.4 is 15.8 Å². The highest BCUT2D eigenvalue weighted by atomic mass is 32.1. The van der Waals surface area contributed by atoms with Crippen molar-refractivity contribution < 1.29 is 9.53 Å². The molecule has 3 N–H and O–H groups in total. The van der Waals surface area contributed by atoms with E-state index in [0.29, 0.717) is 16.8 Å². The first-order valence-electron chi connectivity index (χ1n) is 7.39. The van der Waals surface area contributed by atoms with Gasteiger partial charge in [0, 0.05) is 11.6 Å². The van der Waals surface area contributed by atoms with Gasteiger partial charge in [-0.2, -0.15) is 0 Å². The zero-order chi connectivity index (χ0) is 15.2. The average Bonchev–Trinajstić information content (AvgIpc) is 2.47. The molecule has 0 radical (unpaired) electrons. The molecule has 0 aliphatic heterocycles. The molecule has 0 bridgehead atoms. The van der Waals surface area contributed by atoms with Crippen LogP contribution in [-0.4, -0.2) is 23.5 Å². The molecule has 5 heteroatoms. The van der Waals surface area contributed by atoms with Gasteiger partial charge in [-0.05, 0) is 31.4 Å². The van der Waals surface area contributed by atoms with Crippen molar-refractivity contribution in [2.75, 3.05) is 6.61 Å². The Balaban J connectivity index is 1.88. The molecule has 0 unspecified atom stereocenters. The fourth-order valence-corrected chi connectivity index (χ4v) is 2.70. The summed E-state index contributed by atoms with van der Waals surface area (Å²) in [5, 5.41) is 3.03. The summed E-state index contributed by atoms with van der Waals surface area (Å²) in [7, 11) is 0. The third-order valence-corrected chi connectivity index (χ3v) is 4.04. The number of amides is 1. The molecule has 0 saturated heterocycles. The Morgan fingerprint density at radius 3 is 2.76 bits per heavy atom. The van der Waals surface area contributed by atoms with Crippen LogP contribution in [0.25, 0.3) is 0 Å². The predicted octanol–water partition coefficient (Wildman–Crippen LogP) is 2.46. The van der Waals surface area contributed by atoms with Crippen molar-refractivity contribution in [2.45, 2.75) is 45.1 Å². The zero-order valence-electron chi connectivity index (χ0n) is 12.4. The first-order chi connectivity index (χ1) is 10.1. The van der Waals surface area contributed by atoms with Gasteiger partial charge in [-0.1, -0.05) is 43.6 Å². The van der Waals surface area contributed by atoms with Crippen LogP contribution in [0.2, 0.25) is 0 Å². The fraction of sp³-hybridized carbons (Fsp3) is 0.500. The molecule has 1 aromatic rings. The standard InChI is InChI=1S/C16H22N2O2S/c1-11-7-8-12(16(17)21)9-14(11)20-10-15(19)18-13-5-3-2-4-6-13/h7-9,13H,2-6,10H2,1H3,(H2,17,21)(H,18,19). The van der Waals surface area contributed by atoms with Gasteiger partial charge in [-0.15, -0.1) is 0 Å². The molecule has 1 aliphatic rings. The van der Waals surface area contributed by atoms with Crippen LogP contribution in [0.3, 0.4) is 0 Å². The van der Waals surface area contributed by atoms with Gasteiger partial charge >= 0.3 is 0 Å². The molecule has 4 nitrogen and oxygen atoms in total.